The van der Waals surface area contributed by atoms with Gasteiger partial charge in [0.15, 0.2) is 0 Å². The molecule has 2 N–H and O–H groups in total. The second-order valence-corrected chi connectivity index (χ2v) is 4.31. The highest BCUT2D eigenvalue weighted by atomic mass is 35.5. The smallest absolute Gasteiger partial charge is 0.0847 e. The van der Waals surface area contributed by atoms with E-state index in [1.54, 1.807) is 12.4 Å². The highest BCUT2D eigenvalue weighted by molar-refractivity contribution is 6.18. The van der Waals surface area contributed by atoms with Gasteiger partial charge in [0.1, 0.15) is 0 Å². The molecule has 3 nitrogen and oxygen atoms in total. The first-order valence-electron chi connectivity index (χ1n) is 5.78. The Kier molecular flexibility index (Phi) is 4.56. The quantitative estimate of drug-likeness (QED) is 0.815. The topological polar surface area (TPSA) is 45.1 Å². The van der Waals surface area contributed by atoms with Gasteiger partial charge in [-0.25, -0.2) is 0 Å². The second kappa shape index (κ2) is 6.38. The molecule has 0 radical (unpaired) electrons. The van der Waals surface area contributed by atoms with Crippen molar-refractivity contribution in [3.63, 3.8) is 0 Å². The van der Waals surface area contributed by atoms with Crippen molar-refractivity contribution in [1.29, 1.82) is 0 Å². The highest BCUT2D eigenvalue weighted by Gasteiger charge is 2.02. The number of hydrogen-bond donors (Lipinski definition) is 2. The van der Waals surface area contributed by atoms with Crippen LogP contribution < -0.4 is 5.32 Å². The monoisotopic (exact) mass is 262 g/mol. The average Bonchev–Trinajstić information content (AvgIpc) is 2.46. The van der Waals surface area contributed by atoms with Crippen molar-refractivity contribution < 1.29 is 5.11 Å². The summed E-state index contributed by atoms with van der Waals surface area (Å²) in [7, 11) is 0. The molecule has 4 heteroatoms. The van der Waals surface area contributed by atoms with E-state index in [-0.39, 0.29) is 5.88 Å². The molecule has 0 spiro atoms. The van der Waals surface area contributed by atoms with Gasteiger partial charge in [-0.3, -0.25) is 4.98 Å². The highest BCUT2D eigenvalue weighted by Crippen LogP contribution is 2.21. The van der Waals surface area contributed by atoms with E-state index >= 15 is 0 Å². The Labute approximate surface area is 111 Å². The number of hydrogen-bond acceptors (Lipinski definition) is 3. The summed E-state index contributed by atoms with van der Waals surface area (Å²) in [4.78, 5) is 4.00. The lowest BCUT2D eigenvalue weighted by molar-refractivity contribution is 0.211. The van der Waals surface area contributed by atoms with E-state index in [1.165, 1.54) is 0 Å². The molecular formula is C14H15ClN2O. The fraction of sp³-hybridized carbons (Fsp3) is 0.214. The number of pyridine rings is 1. The summed E-state index contributed by atoms with van der Waals surface area (Å²) in [5.74, 6) is 0.233. The van der Waals surface area contributed by atoms with Gasteiger partial charge in [0, 0.05) is 24.6 Å². The Hall–Kier alpha value is -1.58. The van der Waals surface area contributed by atoms with Crippen molar-refractivity contribution in [1.82, 2.24) is 4.98 Å². The van der Waals surface area contributed by atoms with Gasteiger partial charge < -0.3 is 10.4 Å². The Morgan fingerprint density at radius 1 is 1.17 bits per heavy atom. The zero-order valence-electron chi connectivity index (χ0n) is 9.88. The zero-order chi connectivity index (χ0) is 12.8. The van der Waals surface area contributed by atoms with Gasteiger partial charge in [-0.05, 0) is 35.4 Å². The maximum Gasteiger partial charge on any atom is 0.0847 e. The molecule has 0 saturated carbocycles. The fourth-order valence-electron chi connectivity index (χ4n) is 1.64. The minimum absolute atomic E-state index is 0.233. The molecule has 1 atom stereocenters. The number of nitrogens with zero attached hydrogens (tertiary/aromatic N) is 1. The predicted molar refractivity (Wildman–Crippen MR) is 74.9 cm³/mol. The Morgan fingerprint density at radius 3 is 2.67 bits per heavy atom. The van der Waals surface area contributed by atoms with Gasteiger partial charge >= 0.3 is 0 Å². The lowest BCUT2D eigenvalue weighted by Gasteiger charge is -2.11. The first-order valence-corrected chi connectivity index (χ1v) is 6.31. The number of aliphatic hydroxyl groups excluding tert-OH is 1. The molecule has 0 aliphatic heterocycles. The van der Waals surface area contributed by atoms with Crippen LogP contribution in [0.4, 0.5) is 5.69 Å². The largest absolute Gasteiger partial charge is 0.390 e. The first-order chi connectivity index (χ1) is 8.79. The SMILES string of the molecule is OC(CCl)CNc1cccc(-c2ccncc2)c1. The Balaban J connectivity index is 2.11. The summed E-state index contributed by atoms with van der Waals surface area (Å²) in [5, 5.41) is 12.6. The molecule has 94 valence electrons. The van der Waals surface area contributed by atoms with E-state index < -0.39 is 6.10 Å². The second-order valence-electron chi connectivity index (χ2n) is 4.01. The third-order valence-corrected chi connectivity index (χ3v) is 2.95. The van der Waals surface area contributed by atoms with Gasteiger partial charge in [0.05, 0.1) is 12.0 Å². The number of anilines is 1. The third-order valence-electron chi connectivity index (χ3n) is 2.60. The van der Waals surface area contributed by atoms with Crippen molar-refractivity contribution in [2.24, 2.45) is 0 Å². The maximum atomic E-state index is 9.40. The Morgan fingerprint density at radius 2 is 1.94 bits per heavy atom. The van der Waals surface area contributed by atoms with Crippen LogP contribution in [0, 0.1) is 0 Å². The number of aromatic nitrogens is 1. The van der Waals surface area contributed by atoms with Crippen LogP contribution in [0.3, 0.4) is 0 Å². The molecule has 0 saturated heterocycles. The van der Waals surface area contributed by atoms with Gasteiger partial charge in [-0.1, -0.05) is 12.1 Å². The lowest BCUT2D eigenvalue weighted by atomic mass is 10.1. The van der Waals surface area contributed by atoms with Gasteiger partial charge in [-0.15, -0.1) is 11.6 Å². The normalized spacial score (nSPS) is 12.1. The zero-order valence-corrected chi connectivity index (χ0v) is 10.6. The van der Waals surface area contributed by atoms with Crippen LogP contribution in [0.15, 0.2) is 48.8 Å². The van der Waals surface area contributed by atoms with Crippen LogP contribution in [-0.4, -0.2) is 28.6 Å². The number of benzene rings is 1. The number of nitrogens with one attached hydrogen (secondary N) is 1. The van der Waals surface area contributed by atoms with Crippen LogP contribution in [0.25, 0.3) is 11.1 Å². The van der Waals surface area contributed by atoms with E-state index in [4.69, 9.17) is 11.6 Å². The van der Waals surface area contributed by atoms with Crippen LogP contribution in [0.5, 0.6) is 0 Å². The molecule has 0 bridgehead atoms. The summed E-state index contributed by atoms with van der Waals surface area (Å²) < 4.78 is 0. The minimum atomic E-state index is -0.531. The maximum absolute atomic E-state index is 9.40. The molecule has 18 heavy (non-hydrogen) atoms. The third kappa shape index (κ3) is 3.45. The average molecular weight is 263 g/mol. The molecule has 0 fully saturated rings. The standard InChI is InChI=1S/C14H15ClN2O/c15-9-14(18)10-17-13-3-1-2-12(8-13)11-4-6-16-7-5-11/h1-8,14,17-18H,9-10H2. The van der Waals surface area contributed by atoms with E-state index in [1.807, 2.05) is 36.4 Å². The van der Waals surface area contributed by atoms with Crippen LogP contribution in [-0.2, 0) is 0 Å². The van der Waals surface area contributed by atoms with Crippen LogP contribution in [0.1, 0.15) is 0 Å². The molecule has 0 amide bonds. The van der Waals surface area contributed by atoms with E-state index in [9.17, 15) is 5.11 Å². The van der Waals surface area contributed by atoms with Gasteiger partial charge in [0.25, 0.3) is 0 Å². The van der Waals surface area contributed by atoms with E-state index in [0.29, 0.717) is 6.54 Å². The Bertz CT molecular complexity index is 490. The van der Waals surface area contributed by atoms with Gasteiger partial charge in [-0.2, -0.15) is 0 Å². The lowest BCUT2D eigenvalue weighted by Crippen LogP contribution is -2.20. The first kappa shape index (κ1) is 12.9. The molecule has 1 unspecified atom stereocenters. The summed E-state index contributed by atoms with van der Waals surface area (Å²) >= 11 is 5.55. The molecule has 0 aliphatic rings. The molecule has 2 rings (SSSR count). The molecule has 1 aromatic carbocycles. The van der Waals surface area contributed by atoms with Crippen LogP contribution >= 0.6 is 11.6 Å². The van der Waals surface area contributed by atoms with Crippen molar-refractivity contribution in [2.45, 2.75) is 6.10 Å². The van der Waals surface area contributed by atoms with Crippen LogP contribution in [0.2, 0.25) is 0 Å². The molecular weight excluding hydrogens is 248 g/mol. The van der Waals surface area contributed by atoms with Crippen molar-refractivity contribution >= 4 is 17.3 Å². The summed E-state index contributed by atoms with van der Waals surface area (Å²) in [6.07, 6.45) is 3.01. The summed E-state index contributed by atoms with van der Waals surface area (Å²) in [6, 6.07) is 11.9. The van der Waals surface area contributed by atoms with E-state index in [0.717, 1.165) is 16.8 Å². The minimum Gasteiger partial charge on any atom is -0.390 e. The fourth-order valence-corrected chi connectivity index (χ4v) is 1.75. The number of alkyl halides is 1. The number of rotatable bonds is 5. The summed E-state index contributed by atoms with van der Waals surface area (Å²) in [5.41, 5.74) is 3.20. The van der Waals surface area contributed by atoms with Gasteiger partial charge in [0.2, 0.25) is 0 Å². The van der Waals surface area contributed by atoms with E-state index in [2.05, 4.69) is 10.3 Å². The number of aliphatic hydroxyl groups is 1. The molecule has 1 heterocycles. The number of halogens is 1. The molecule has 1 aromatic heterocycles. The van der Waals surface area contributed by atoms with Crippen molar-refractivity contribution in [2.75, 3.05) is 17.7 Å². The predicted octanol–water partition coefficient (Wildman–Crippen LogP) is 2.76. The molecule has 2 aromatic rings. The van der Waals surface area contributed by atoms with Crippen molar-refractivity contribution in [3.05, 3.63) is 48.8 Å². The molecule has 0 aliphatic carbocycles. The summed E-state index contributed by atoms with van der Waals surface area (Å²) in [6.45, 7) is 0.448. The van der Waals surface area contributed by atoms with Crippen molar-refractivity contribution in [3.8, 4) is 11.1 Å².